The SMILES string of the molecule is Cc1cc2cccccc-2c1S(=O)(=O)[O][Al]([O]S(=O)(=O)c1c(C)cc2cccccc1-2)[O]S(=O)(=O)c1c(C)cc2cccccc1-2. The molecular formula is C33H27AlO9S3. The van der Waals surface area contributed by atoms with Gasteiger partial charge in [-0.15, -0.1) is 0 Å². The smallest absolute Gasteiger partial charge is 0.338 e. The molecule has 6 aliphatic carbocycles. The van der Waals surface area contributed by atoms with Gasteiger partial charge in [-0.3, -0.25) is 0 Å². The van der Waals surface area contributed by atoms with E-state index in [1.165, 1.54) is 0 Å². The van der Waals surface area contributed by atoms with Gasteiger partial charge in [-0.2, -0.15) is 25.3 Å². The van der Waals surface area contributed by atoms with E-state index in [0.717, 1.165) is 0 Å². The Morgan fingerprint density at radius 3 is 0.957 bits per heavy atom. The lowest BCUT2D eigenvalue weighted by Gasteiger charge is -2.16. The maximum atomic E-state index is 13.9. The van der Waals surface area contributed by atoms with Gasteiger partial charge in [0.1, 0.15) is 14.7 Å². The fourth-order valence-electron chi connectivity index (χ4n) is 5.71. The van der Waals surface area contributed by atoms with Gasteiger partial charge in [0.2, 0.25) is 0 Å². The Kier molecular flexibility index (Phi) is 8.56. The normalized spacial score (nSPS) is 12.6. The molecule has 0 radical (unpaired) electrons. The first-order valence-corrected chi connectivity index (χ1v) is 19.7. The topological polar surface area (TPSA) is 130 Å². The van der Waals surface area contributed by atoms with Gasteiger partial charge in [0.15, 0.2) is 0 Å². The maximum Gasteiger partial charge on any atom is 0.952 e. The molecule has 0 bridgehead atoms. The summed E-state index contributed by atoms with van der Waals surface area (Å²) in [5, 5.41) is 0. The van der Waals surface area contributed by atoms with Crippen LogP contribution in [-0.4, -0.2) is 40.4 Å². The first-order chi connectivity index (χ1) is 21.8. The molecule has 0 amide bonds. The van der Waals surface area contributed by atoms with Crippen molar-refractivity contribution in [2.45, 2.75) is 35.5 Å². The Balaban J connectivity index is 1.45. The summed E-state index contributed by atoms with van der Waals surface area (Å²) in [4.78, 5) is -0.744. The van der Waals surface area contributed by atoms with E-state index in [4.69, 9.17) is 9.70 Å². The Labute approximate surface area is 273 Å². The van der Waals surface area contributed by atoms with Crippen LogP contribution in [0.25, 0.3) is 33.4 Å². The molecule has 13 heteroatoms. The molecule has 0 unspecified atom stereocenters. The molecule has 0 spiro atoms. The summed E-state index contributed by atoms with van der Waals surface area (Å²) in [6, 6.07) is 30.1. The molecule has 0 aromatic rings. The molecule has 234 valence electrons. The lowest BCUT2D eigenvalue weighted by molar-refractivity contribution is 0.311. The van der Waals surface area contributed by atoms with Gasteiger partial charge >= 0.3 is 15.1 Å². The fraction of sp³-hybridized carbons (Fsp3) is 0.0909. The van der Waals surface area contributed by atoms with E-state index in [1.807, 2.05) is 0 Å². The van der Waals surface area contributed by atoms with Gasteiger partial charge in [0.05, 0.1) is 0 Å². The molecule has 6 rings (SSSR count). The highest BCUT2D eigenvalue weighted by Crippen LogP contribution is 2.39. The monoisotopic (exact) mass is 690 g/mol. The van der Waals surface area contributed by atoms with E-state index in [1.54, 1.807) is 130 Å². The summed E-state index contributed by atoms with van der Waals surface area (Å²) in [5.74, 6) is 0. The van der Waals surface area contributed by atoms with Crippen LogP contribution in [0.1, 0.15) is 16.7 Å². The van der Waals surface area contributed by atoms with E-state index in [9.17, 15) is 25.3 Å². The van der Waals surface area contributed by atoms with Crippen LogP contribution in [0.5, 0.6) is 0 Å². The first-order valence-electron chi connectivity index (χ1n) is 14.0. The molecule has 0 atom stereocenters. The number of aryl methyl sites for hydroxylation is 3. The lowest BCUT2D eigenvalue weighted by atomic mass is 10.2. The van der Waals surface area contributed by atoms with E-state index < -0.39 is 45.5 Å². The van der Waals surface area contributed by atoms with Gasteiger partial charge < -0.3 is 9.70 Å². The van der Waals surface area contributed by atoms with Crippen molar-refractivity contribution in [3.8, 4) is 33.4 Å². The molecule has 0 heterocycles. The van der Waals surface area contributed by atoms with Crippen LogP contribution in [0, 0.1) is 20.8 Å². The van der Waals surface area contributed by atoms with Crippen molar-refractivity contribution >= 4 is 45.5 Å². The van der Waals surface area contributed by atoms with Gasteiger partial charge in [0, 0.05) is 16.7 Å². The molecule has 0 N–H and O–H groups in total. The van der Waals surface area contributed by atoms with Crippen molar-refractivity contribution in [3.63, 3.8) is 0 Å². The van der Waals surface area contributed by atoms with Crippen LogP contribution in [0.15, 0.2) is 124 Å². The summed E-state index contributed by atoms with van der Waals surface area (Å²) in [7, 11) is -14.5. The van der Waals surface area contributed by atoms with Gasteiger partial charge in [-0.25, -0.2) is 0 Å². The van der Waals surface area contributed by atoms with Gasteiger partial charge in [-0.1, -0.05) is 91.0 Å². The van der Waals surface area contributed by atoms with E-state index in [0.29, 0.717) is 50.1 Å². The van der Waals surface area contributed by atoms with Crippen molar-refractivity contribution in [2.75, 3.05) is 0 Å². The maximum absolute atomic E-state index is 13.9. The average Bonchev–Trinajstić information content (AvgIpc) is 3.30. The standard InChI is InChI=1S/3C11H10O3S.Al/c3*1-8-7-9-5-3-2-4-6-10(9)11(8)15(12,13)14;/h3*2-7H,1H3,(H,12,13,14);/q;;;+3/p-3. The summed E-state index contributed by atoms with van der Waals surface area (Å²) in [5.41, 5.74) is 3.61. The summed E-state index contributed by atoms with van der Waals surface area (Å²) >= 11 is -4.67. The molecule has 46 heavy (non-hydrogen) atoms. The summed E-state index contributed by atoms with van der Waals surface area (Å²) < 4.78 is 99.6. The molecule has 0 saturated heterocycles. The Bertz CT molecular complexity index is 2070. The van der Waals surface area contributed by atoms with Crippen molar-refractivity contribution in [3.05, 3.63) is 126 Å². The zero-order valence-electron chi connectivity index (χ0n) is 24.9. The second-order valence-corrected chi connectivity index (χ2v) is 17.6. The second kappa shape index (κ2) is 12.2. The number of hydrogen-bond donors (Lipinski definition) is 0. The molecular weight excluding hydrogens is 664 g/mol. The predicted molar refractivity (Wildman–Crippen MR) is 174 cm³/mol. The van der Waals surface area contributed by atoms with E-state index in [2.05, 4.69) is 0 Å². The van der Waals surface area contributed by atoms with Crippen LogP contribution in [0.2, 0.25) is 0 Å². The Morgan fingerprint density at radius 2 is 0.674 bits per heavy atom. The summed E-state index contributed by atoms with van der Waals surface area (Å²) in [6.07, 6.45) is 0. The van der Waals surface area contributed by atoms with Crippen LogP contribution in [0.3, 0.4) is 0 Å². The lowest BCUT2D eigenvalue weighted by Crippen LogP contribution is -2.35. The minimum Gasteiger partial charge on any atom is -0.338 e. The fourth-order valence-corrected chi connectivity index (χ4v) is 13.3. The second-order valence-electron chi connectivity index (χ2n) is 10.7. The van der Waals surface area contributed by atoms with E-state index in [-0.39, 0.29) is 14.7 Å². The largest absolute Gasteiger partial charge is 0.952 e. The van der Waals surface area contributed by atoms with Crippen LogP contribution >= 0.6 is 0 Å². The minimum atomic E-state index is -4.83. The molecule has 0 aliphatic heterocycles. The molecule has 0 aromatic heterocycles. The number of rotatable bonds is 9. The summed E-state index contributed by atoms with van der Waals surface area (Å²) in [6.45, 7) is 4.67. The first kappa shape index (κ1) is 32.3. The van der Waals surface area contributed by atoms with Crippen molar-refractivity contribution in [2.24, 2.45) is 0 Å². The number of fused-ring (bicyclic) bond motifs is 3. The van der Waals surface area contributed by atoms with Gasteiger partial charge in [0.25, 0.3) is 30.4 Å². The quantitative estimate of drug-likeness (QED) is 0.158. The van der Waals surface area contributed by atoms with Gasteiger partial charge in [-0.05, 0) is 72.4 Å². The zero-order chi connectivity index (χ0) is 32.9. The molecule has 0 saturated carbocycles. The van der Waals surface area contributed by atoms with Crippen molar-refractivity contribution in [1.82, 2.24) is 0 Å². The van der Waals surface area contributed by atoms with Crippen LogP contribution in [-0.2, 0) is 40.1 Å². The third-order valence-corrected chi connectivity index (χ3v) is 15.6. The number of hydrogen-bond acceptors (Lipinski definition) is 9. The highest BCUT2D eigenvalue weighted by molar-refractivity contribution is 7.90. The van der Waals surface area contributed by atoms with Crippen molar-refractivity contribution < 1.29 is 35.0 Å². The third kappa shape index (κ3) is 6.09. The Morgan fingerprint density at radius 1 is 0.413 bits per heavy atom. The third-order valence-electron chi connectivity index (χ3n) is 7.51. The molecule has 0 aromatic carbocycles. The Hall–Kier alpha value is -3.64. The average molecular weight is 691 g/mol. The molecule has 0 fully saturated rings. The molecule has 9 nitrogen and oxygen atoms in total. The highest BCUT2D eigenvalue weighted by Gasteiger charge is 2.49. The van der Waals surface area contributed by atoms with Crippen LogP contribution in [0.4, 0.5) is 0 Å². The minimum absolute atomic E-state index is 0.248. The zero-order valence-corrected chi connectivity index (χ0v) is 28.5. The highest BCUT2D eigenvalue weighted by atomic mass is 32.2. The van der Waals surface area contributed by atoms with Crippen molar-refractivity contribution in [1.29, 1.82) is 0 Å². The molecule has 6 aliphatic rings. The van der Waals surface area contributed by atoms with E-state index >= 15 is 0 Å². The predicted octanol–water partition coefficient (Wildman–Crippen LogP) is 6.43. The van der Waals surface area contributed by atoms with Crippen LogP contribution < -0.4 is 0 Å².